The van der Waals surface area contributed by atoms with Crippen molar-refractivity contribution in [3.8, 4) is 0 Å². The predicted octanol–water partition coefficient (Wildman–Crippen LogP) is 4.76. The minimum atomic E-state index is -5.04. The van der Waals surface area contributed by atoms with Gasteiger partial charge in [0.15, 0.2) is 17.4 Å². The highest BCUT2D eigenvalue weighted by molar-refractivity contribution is 14.1. The van der Waals surface area contributed by atoms with E-state index in [4.69, 9.17) is 0 Å². The van der Waals surface area contributed by atoms with Crippen LogP contribution in [0.25, 0.3) is 0 Å². The van der Waals surface area contributed by atoms with Crippen LogP contribution in [0.5, 0.6) is 0 Å². The first kappa shape index (κ1) is 20.6. The lowest BCUT2D eigenvalue weighted by Gasteiger charge is -2.16. The standard InChI is InChI=1S/C14H9F6IN2O2S/c15-8-2-4-11(23-26(24,25)6-14(18,19)20)13(12(8)17)22-10-3-1-7(21)5-9(10)16/h1-5,22-23H,6H2. The zero-order chi connectivity index (χ0) is 19.7. The van der Waals surface area contributed by atoms with Crippen molar-refractivity contribution in [1.82, 2.24) is 0 Å². The molecule has 0 heterocycles. The van der Waals surface area contributed by atoms with Crippen LogP contribution in [0.1, 0.15) is 0 Å². The summed E-state index contributed by atoms with van der Waals surface area (Å²) in [6, 6.07) is 4.91. The maximum Gasteiger partial charge on any atom is 0.404 e. The normalized spacial score (nSPS) is 12.1. The summed E-state index contributed by atoms with van der Waals surface area (Å²) in [6.07, 6.45) is -5.04. The SMILES string of the molecule is O=S(=O)(CC(F)(F)F)Nc1ccc(F)c(F)c1Nc1ccc(I)cc1F. The first-order chi connectivity index (χ1) is 11.9. The van der Waals surface area contributed by atoms with Gasteiger partial charge in [0.05, 0.1) is 11.4 Å². The Morgan fingerprint density at radius 3 is 2.15 bits per heavy atom. The smallest absolute Gasteiger partial charge is 0.349 e. The van der Waals surface area contributed by atoms with E-state index in [0.717, 1.165) is 12.1 Å². The van der Waals surface area contributed by atoms with Crippen molar-refractivity contribution in [1.29, 1.82) is 0 Å². The molecule has 0 atom stereocenters. The van der Waals surface area contributed by atoms with Crippen LogP contribution in [0.15, 0.2) is 30.3 Å². The van der Waals surface area contributed by atoms with Crippen LogP contribution in [-0.2, 0) is 10.0 Å². The molecule has 12 heteroatoms. The third-order valence-corrected chi connectivity index (χ3v) is 4.81. The largest absolute Gasteiger partial charge is 0.404 e. The summed E-state index contributed by atoms with van der Waals surface area (Å²) in [5.41, 5.74) is -1.88. The lowest BCUT2D eigenvalue weighted by Crippen LogP contribution is -2.28. The molecular weight excluding hydrogens is 501 g/mol. The molecule has 0 saturated carbocycles. The Bertz CT molecular complexity index is 934. The first-order valence-electron chi connectivity index (χ1n) is 6.65. The van der Waals surface area contributed by atoms with Crippen molar-refractivity contribution in [2.24, 2.45) is 0 Å². The van der Waals surface area contributed by atoms with E-state index in [-0.39, 0.29) is 5.69 Å². The molecule has 0 spiro atoms. The minimum Gasteiger partial charge on any atom is -0.349 e. The van der Waals surface area contributed by atoms with E-state index in [2.05, 4.69) is 5.32 Å². The molecule has 0 radical (unpaired) electrons. The molecule has 0 aliphatic rings. The van der Waals surface area contributed by atoms with Gasteiger partial charge < -0.3 is 5.32 Å². The highest BCUT2D eigenvalue weighted by Crippen LogP contribution is 2.33. The lowest BCUT2D eigenvalue weighted by molar-refractivity contribution is -0.106. The summed E-state index contributed by atoms with van der Waals surface area (Å²) in [6.45, 7) is 0. The van der Waals surface area contributed by atoms with E-state index >= 15 is 0 Å². The highest BCUT2D eigenvalue weighted by Gasteiger charge is 2.35. The van der Waals surface area contributed by atoms with E-state index in [0.29, 0.717) is 9.64 Å². The number of rotatable bonds is 5. The van der Waals surface area contributed by atoms with Gasteiger partial charge in [-0.3, -0.25) is 4.72 Å². The number of halogens is 7. The van der Waals surface area contributed by atoms with E-state index in [1.807, 2.05) is 0 Å². The van der Waals surface area contributed by atoms with Gasteiger partial charge >= 0.3 is 6.18 Å². The molecule has 4 nitrogen and oxygen atoms in total. The fourth-order valence-electron chi connectivity index (χ4n) is 1.90. The van der Waals surface area contributed by atoms with Gasteiger partial charge in [-0.1, -0.05) is 0 Å². The molecule has 0 bridgehead atoms. The van der Waals surface area contributed by atoms with Gasteiger partial charge in [0.25, 0.3) is 0 Å². The molecular formula is C14H9F6IN2O2S. The zero-order valence-electron chi connectivity index (χ0n) is 12.5. The molecule has 2 aromatic carbocycles. The maximum absolute atomic E-state index is 14.1. The number of sulfonamides is 1. The molecule has 0 aliphatic carbocycles. The van der Waals surface area contributed by atoms with Gasteiger partial charge in [-0.25, -0.2) is 21.6 Å². The van der Waals surface area contributed by atoms with Crippen LogP contribution < -0.4 is 10.0 Å². The molecule has 0 amide bonds. The van der Waals surface area contributed by atoms with Crippen LogP contribution >= 0.6 is 22.6 Å². The van der Waals surface area contributed by atoms with Crippen LogP contribution in [0, 0.1) is 21.0 Å². The summed E-state index contributed by atoms with van der Waals surface area (Å²) in [4.78, 5) is 0. The number of nitrogens with one attached hydrogen (secondary N) is 2. The van der Waals surface area contributed by atoms with Crippen LogP contribution in [0.4, 0.5) is 43.4 Å². The summed E-state index contributed by atoms with van der Waals surface area (Å²) in [7, 11) is -4.95. The monoisotopic (exact) mass is 510 g/mol. The van der Waals surface area contributed by atoms with Gasteiger partial charge in [-0.05, 0) is 52.9 Å². The highest BCUT2D eigenvalue weighted by atomic mass is 127. The van der Waals surface area contributed by atoms with Crippen molar-refractivity contribution in [2.75, 3.05) is 15.8 Å². The van der Waals surface area contributed by atoms with Crippen molar-refractivity contribution in [3.63, 3.8) is 0 Å². The van der Waals surface area contributed by atoms with Gasteiger partial charge in [0, 0.05) is 3.57 Å². The van der Waals surface area contributed by atoms with Crippen LogP contribution in [0.2, 0.25) is 0 Å². The fourth-order valence-corrected chi connectivity index (χ4v) is 3.36. The molecule has 0 fully saturated rings. The second kappa shape index (κ2) is 7.50. The summed E-state index contributed by atoms with van der Waals surface area (Å²) in [5.74, 6) is -6.08. The van der Waals surface area contributed by atoms with Crippen LogP contribution in [0.3, 0.4) is 0 Å². The average Bonchev–Trinajstić information content (AvgIpc) is 2.46. The van der Waals surface area contributed by atoms with Gasteiger partial charge in [0.1, 0.15) is 11.5 Å². The Morgan fingerprint density at radius 1 is 0.962 bits per heavy atom. The molecule has 2 aromatic rings. The molecule has 0 unspecified atom stereocenters. The zero-order valence-corrected chi connectivity index (χ0v) is 15.4. The number of alkyl halides is 3. The van der Waals surface area contributed by atoms with Crippen molar-refractivity contribution in [3.05, 3.63) is 51.4 Å². The third kappa shape index (κ3) is 5.40. The average molecular weight is 510 g/mol. The van der Waals surface area contributed by atoms with E-state index in [1.54, 1.807) is 22.6 Å². The molecule has 0 saturated heterocycles. The van der Waals surface area contributed by atoms with Crippen molar-refractivity contribution >= 4 is 49.7 Å². The predicted molar refractivity (Wildman–Crippen MR) is 92.2 cm³/mol. The van der Waals surface area contributed by atoms with Gasteiger partial charge in [-0.2, -0.15) is 13.2 Å². The second-order valence-corrected chi connectivity index (χ2v) is 7.98. The number of anilines is 3. The molecule has 0 aromatic heterocycles. The minimum absolute atomic E-state index is 0.328. The molecule has 142 valence electrons. The van der Waals surface area contributed by atoms with E-state index < -0.39 is 50.8 Å². The topological polar surface area (TPSA) is 58.2 Å². The molecule has 2 rings (SSSR count). The summed E-state index contributed by atoms with van der Waals surface area (Å²) < 4.78 is 104. The van der Waals surface area contributed by atoms with Gasteiger partial charge in [0.2, 0.25) is 10.0 Å². The van der Waals surface area contributed by atoms with Crippen molar-refractivity contribution < 1.29 is 34.8 Å². The number of hydrogen-bond donors (Lipinski definition) is 2. The van der Waals surface area contributed by atoms with Crippen molar-refractivity contribution in [2.45, 2.75) is 6.18 Å². The molecule has 2 N–H and O–H groups in total. The number of benzene rings is 2. The Hall–Kier alpha value is -1.70. The lowest BCUT2D eigenvalue weighted by atomic mass is 10.2. The quantitative estimate of drug-likeness (QED) is 0.451. The summed E-state index contributed by atoms with van der Waals surface area (Å²) in [5, 5.41) is 2.16. The fraction of sp³-hybridized carbons (Fsp3) is 0.143. The summed E-state index contributed by atoms with van der Waals surface area (Å²) >= 11 is 1.80. The first-order valence-corrected chi connectivity index (χ1v) is 9.38. The Labute approximate surface area is 157 Å². The van der Waals surface area contributed by atoms with E-state index in [9.17, 15) is 34.8 Å². The Balaban J connectivity index is 2.44. The van der Waals surface area contributed by atoms with E-state index in [1.165, 1.54) is 16.9 Å². The van der Waals surface area contributed by atoms with Crippen LogP contribution in [-0.4, -0.2) is 20.3 Å². The molecule has 0 aliphatic heterocycles. The molecule has 26 heavy (non-hydrogen) atoms. The number of hydrogen-bond acceptors (Lipinski definition) is 3. The second-order valence-electron chi connectivity index (χ2n) is 5.01. The third-order valence-electron chi connectivity index (χ3n) is 2.90. The van der Waals surface area contributed by atoms with Gasteiger partial charge in [-0.15, -0.1) is 0 Å². The Morgan fingerprint density at radius 2 is 1.58 bits per heavy atom. The maximum atomic E-state index is 14.1. The Kier molecular flexibility index (Phi) is 5.95.